The molecule has 0 saturated carbocycles. The Bertz CT molecular complexity index is 736. The second kappa shape index (κ2) is 7.71. The lowest BCUT2D eigenvalue weighted by Gasteiger charge is -2.29. The summed E-state index contributed by atoms with van der Waals surface area (Å²) in [5.74, 6) is 0.849. The number of methoxy groups -OCH3 is 1. The summed E-state index contributed by atoms with van der Waals surface area (Å²) in [4.78, 5) is 7.01. The first-order valence-corrected chi connectivity index (χ1v) is 8.79. The summed E-state index contributed by atoms with van der Waals surface area (Å²) in [5, 5.41) is 0.733. The van der Waals surface area contributed by atoms with Crippen LogP contribution in [0, 0.1) is 6.92 Å². The first-order chi connectivity index (χ1) is 11.7. The van der Waals surface area contributed by atoms with Crippen molar-refractivity contribution in [2.75, 3.05) is 25.1 Å². The van der Waals surface area contributed by atoms with Gasteiger partial charge >= 0.3 is 0 Å². The van der Waals surface area contributed by atoms with E-state index in [0.717, 1.165) is 40.7 Å². The van der Waals surface area contributed by atoms with Crippen LogP contribution in [0.4, 0.5) is 11.4 Å². The molecule has 0 spiro atoms. The van der Waals surface area contributed by atoms with Crippen molar-refractivity contribution in [1.82, 2.24) is 0 Å². The number of piperidine rings is 1. The molecule has 0 N–H and O–H groups in total. The van der Waals surface area contributed by atoms with Gasteiger partial charge in [0.05, 0.1) is 12.8 Å². The van der Waals surface area contributed by atoms with E-state index in [0.29, 0.717) is 0 Å². The van der Waals surface area contributed by atoms with Crippen LogP contribution >= 0.6 is 11.6 Å². The summed E-state index contributed by atoms with van der Waals surface area (Å²) < 4.78 is 5.58. The molecule has 1 saturated heterocycles. The molecule has 0 bridgehead atoms. The fraction of sp³-hybridized carbons (Fsp3) is 0.350. The molecule has 0 amide bonds. The molecule has 24 heavy (non-hydrogen) atoms. The van der Waals surface area contributed by atoms with Crippen LogP contribution in [0.25, 0.3) is 0 Å². The minimum atomic E-state index is 0.733. The number of benzene rings is 2. The van der Waals surface area contributed by atoms with Gasteiger partial charge in [-0.2, -0.15) is 0 Å². The van der Waals surface area contributed by atoms with Gasteiger partial charge in [-0.05, 0) is 56.0 Å². The van der Waals surface area contributed by atoms with Crippen LogP contribution in [0.2, 0.25) is 5.02 Å². The van der Waals surface area contributed by atoms with Crippen molar-refractivity contribution in [1.29, 1.82) is 0 Å². The summed E-state index contributed by atoms with van der Waals surface area (Å²) in [6.45, 7) is 4.22. The van der Waals surface area contributed by atoms with Crippen LogP contribution in [0.15, 0.2) is 41.4 Å². The van der Waals surface area contributed by atoms with E-state index in [1.165, 1.54) is 24.9 Å². The molecule has 0 radical (unpaired) electrons. The highest BCUT2D eigenvalue weighted by Crippen LogP contribution is 2.29. The number of anilines is 1. The Kier molecular flexibility index (Phi) is 5.41. The maximum Gasteiger partial charge on any atom is 0.129 e. The van der Waals surface area contributed by atoms with Gasteiger partial charge in [-0.15, -0.1) is 0 Å². The Morgan fingerprint density at radius 2 is 1.92 bits per heavy atom. The van der Waals surface area contributed by atoms with Gasteiger partial charge < -0.3 is 9.64 Å². The number of nitrogens with zero attached hydrogens (tertiary/aromatic N) is 2. The van der Waals surface area contributed by atoms with Gasteiger partial charge in [0, 0.05) is 41.6 Å². The Hall–Kier alpha value is -2.00. The van der Waals surface area contributed by atoms with E-state index in [1.807, 2.05) is 31.3 Å². The van der Waals surface area contributed by atoms with Crippen molar-refractivity contribution in [2.45, 2.75) is 26.2 Å². The van der Waals surface area contributed by atoms with E-state index < -0.39 is 0 Å². The topological polar surface area (TPSA) is 24.8 Å². The molecule has 0 aliphatic carbocycles. The van der Waals surface area contributed by atoms with Crippen molar-refractivity contribution >= 4 is 29.2 Å². The SMILES string of the molecule is COc1cc(N2CCCCC2)ccc1C=Nc1cccc(Cl)c1C. The minimum absolute atomic E-state index is 0.733. The lowest BCUT2D eigenvalue weighted by Crippen LogP contribution is -2.29. The van der Waals surface area contributed by atoms with Crippen molar-refractivity contribution < 1.29 is 4.74 Å². The van der Waals surface area contributed by atoms with E-state index in [2.05, 4.69) is 28.1 Å². The van der Waals surface area contributed by atoms with Gasteiger partial charge in [0.1, 0.15) is 5.75 Å². The van der Waals surface area contributed by atoms with Crippen molar-refractivity contribution in [3.8, 4) is 5.75 Å². The number of aliphatic imine (C=N–C) groups is 1. The average Bonchev–Trinajstić information content (AvgIpc) is 2.63. The van der Waals surface area contributed by atoms with Crippen LogP contribution < -0.4 is 9.64 Å². The first kappa shape index (κ1) is 16.8. The van der Waals surface area contributed by atoms with Crippen molar-refractivity contribution in [3.05, 3.63) is 52.5 Å². The molecule has 0 aromatic heterocycles. The lowest BCUT2D eigenvalue weighted by atomic mass is 10.1. The van der Waals surface area contributed by atoms with Crippen LogP contribution in [0.3, 0.4) is 0 Å². The molecule has 3 rings (SSSR count). The fourth-order valence-electron chi connectivity index (χ4n) is 3.03. The van der Waals surface area contributed by atoms with Gasteiger partial charge in [-0.3, -0.25) is 4.99 Å². The fourth-order valence-corrected chi connectivity index (χ4v) is 3.20. The maximum atomic E-state index is 6.16. The molecular weight excluding hydrogens is 320 g/mol. The van der Waals surface area contributed by atoms with Crippen molar-refractivity contribution in [3.63, 3.8) is 0 Å². The Balaban J connectivity index is 1.85. The third-order valence-electron chi connectivity index (χ3n) is 4.52. The third-order valence-corrected chi connectivity index (χ3v) is 4.93. The minimum Gasteiger partial charge on any atom is -0.496 e. The highest BCUT2D eigenvalue weighted by atomic mass is 35.5. The lowest BCUT2D eigenvalue weighted by molar-refractivity contribution is 0.414. The number of halogens is 1. The number of hydrogen-bond acceptors (Lipinski definition) is 3. The zero-order valence-electron chi connectivity index (χ0n) is 14.3. The first-order valence-electron chi connectivity index (χ1n) is 8.41. The highest BCUT2D eigenvalue weighted by Gasteiger charge is 2.12. The number of ether oxygens (including phenoxy) is 1. The zero-order chi connectivity index (χ0) is 16.9. The van der Waals surface area contributed by atoms with E-state index >= 15 is 0 Å². The molecule has 1 aliphatic rings. The van der Waals surface area contributed by atoms with Gasteiger partial charge in [0.15, 0.2) is 0 Å². The van der Waals surface area contributed by atoms with Crippen LogP contribution in [0.1, 0.15) is 30.4 Å². The van der Waals surface area contributed by atoms with Gasteiger partial charge in [-0.1, -0.05) is 17.7 Å². The molecular formula is C20H23ClN2O. The van der Waals surface area contributed by atoms with Gasteiger partial charge in [0.25, 0.3) is 0 Å². The van der Waals surface area contributed by atoms with Crippen LogP contribution in [-0.4, -0.2) is 26.4 Å². The molecule has 2 aromatic carbocycles. The van der Waals surface area contributed by atoms with E-state index in [1.54, 1.807) is 7.11 Å². The van der Waals surface area contributed by atoms with Gasteiger partial charge in [-0.25, -0.2) is 0 Å². The summed E-state index contributed by atoms with van der Waals surface area (Å²) in [6, 6.07) is 12.1. The highest BCUT2D eigenvalue weighted by molar-refractivity contribution is 6.31. The summed E-state index contributed by atoms with van der Waals surface area (Å²) in [5.41, 5.74) is 4.06. The quantitative estimate of drug-likeness (QED) is 0.695. The Morgan fingerprint density at radius 1 is 1.12 bits per heavy atom. The third kappa shape index (κ3) is 3.73. The van der Waals surface area contributed by atoms with Crippen molar-refractivity contribution in [2.24, 2.45) is 4.99 Å². The van der Waals surface area contributed by atoms with E-state index in [9.17, 15) is 0 Å². The normalized spacial score (nSPS) is 15.0. The Labute approximate surface area is 148 Å². The Morgan fingerprint density at radius 3 is 2.67 bits per heavy atom. The zero-order valence-corrected chi connectivity index (χ0v) is 15.0. The molecule has 4 heteroatoms. The van der Waals surface area contributed by atoms with Crippen LogP contribution in [-0.2, 0) is 0 Å². The second-order valence-electron chi connectivity index (χ2n) is 6.12. The molecule has 1 fully saturated rings. The summed E-state index contributed by atoms with van der Waals surface area (Å²) >= 11 is 6.16. The summed E-state index contributed by atoms with van der Waals surface area (Å²) in [6.07, 6.45) is 5.70. The number of hydrogen-bond donors (Lipinski definition) is 0. The molecule has 0 atom stereocenters. The smallest absolute Gasteiger partial charge is 0.129 e. The van der Waals surface area contributed by atoms with E-state index in [4.69, 9.17) is 16.3 Å². The monoisotopic (exact) mass is 342 g/mol. The van der Waals surface area contributed by atoms with E-state index in [-0.39, 0.29) is 0 Å². The molecule has 0 unspecified atom stereocenters. The number of rotatable bonds is 4. The molecule has 1 aliphatic heterocycles. The molecule has 126 valence electrons. The van der Waals surface area contributed by atoms with Crippen LogP contribution in [0.5, 0.6) is 5.75 Å². The maximum absolute atomic E-state index is 6.16. The predicted molar refractivity (Wildman–Crippen MR) is 103 cm³/mol. The molecule has 1 heterocycles. The predicted octanol–water partition coefficient (Wildman–Crippen LogP) is 5.40. The average molecular weight is 343 g/mol. The molecule has 2 aromatic rings. The largest absolute Gasteiger partial charge is 0.496 e. The summed E-state index contributed by atoms with van der Waals surface area (Å²) in [7, 11) is 1.71. The molecule has 3 nitrogen and oxygen atoms in total. The standard InChI is InChI=1S/C20H23ClN2O/c1-15-18(21)7-6-8-19(15)22-14-16-9-10-17(13-20(16)24-2)23-11-4-3-5-12-23/h6-10,13-14H,3-5,11-12H2,1-2H3. The van der Waals surface area contributed by atoms with Gasteiger partial charge in [0.2, 0.25) is 0 Å². The second-order valence-corrected chi connectivity index (χ2v) is 6.52.